The van der Waals surface area contributed by atoms with Crippen LogP contribution in [0.2, 0.25) is 0 Å². The lowest BCUT2D eigenvalue weighted by Crippen LogP contribution is -2.41. The zero-order valence-corrected chi connectivity index (χ0v) is 10.6. The molecule has 1 saturated carbocycles. The van der Waals surface area contributed by atoms with Crippen molar-refractivity contribution in [3.8, 4) is 0 Å². The highest BCUT2D eigenvalue weighted by Gasteiger charge is 2.23. The molecule has 1 aromatic rings. The van der Waals surface area contributed by atoms with Gasteiger partial charge in [0.1, 0.15) is 0 Å². The van der Waals surface area contributed by atoms with Crippen LogP contribution in [0.1, 0.15) is 24.0 Å². The molecule has 0 spiro atoms. The Morgan fingerprint density at radius 2 is 1.83 bits per heavy atom. The largest absolute Gasteiger partial charge is 0.352 e. The van der Waals surface area contributed by atoms with Gasteiger partial charge in [0.25, 0.3) is 0 Å². The molecule has 3 rings (SSSR count). The van der Waals surface area contributed by atoms with Gasteiger partial charge in [-0.05, 0) is 49.3 Å². The summed E-state index contributed by atoms with van der Waals surface area (Å²) >= 11 is 0. The van der Waals surface area contributed by atoms with Gasteiger partial charge in [0.05, 0.1) is 6.54 Å². The molecule has 1 amide bonds. The first-order valence-corrected chi connectivity index (χ1v) is 6.88. The molecule has 0 heterocycles. The summed E-state index contributed by atoms with van der Waals surface area (Å²) in [4.78, 5) is 11.8. The summed E-state index contributed by atoms with van der Waals surface area (Å²) in [6.45, 7) is 1.46. The van der Waals surface area contributed by atoms with Gasteiger partial charge in [0, 0.05) is 6.04 Å². The third-order valence-corrected chi connectivity index (χ3v) is 3.83. The molecule has 0 aromatic heterocycles. The van der Waals surface area contributed by atoms with Gasteiger partial charge < -0.3 is 10.6 Å². The van der Waals surface area contributed by atoms with Crippen molar-refractivity contribution in [1.82, 2.24) is 10.6 Å². The highest BCUT2D eigenvalue weighted by molar-refractivity contribution is 5.78. The van der Waals surface area contributed by atoms with Crippen molar-refractivity contribution < 1.29 is 4.79 Å². The van der Waals surface area contributed by atoms with Crippen LogP contribution in [0, 0.1) is 5.92 Å². The number of fused-ring (bicyclic) bond motifs is 1. The highest BCUT2D eigenvalue weighted by atomic mass is 16.1. The molecule has 18 heavy (non-hydrogen) atoms. The van der Waals surface area contributed by atoms with Crippen molar-refractivity contribution >= 4 is 5.91 Å². The van der Waals surface area contributed by atoms with Crippen molar-refractivity contribution in [2.75, 3.05) is 13.1 Å². The molecule has 0 aliphatic heterocycles. The number of benzene rings is 1. The number of nitrogens with one attached hydrogen (secondary N) is 2. The van der Waals surface area contributed by atoms with E-state index < -0.39 is 0 Å². The van der Waals surface area contributed by atoms with Crippen LogP contribution in [0.15, 0.2) is 24.3 Å². The van der Waals surface area contributed by atoms with E-state index in [-0.39, 0.29) is 11.9 Å². The Hall–Kier alpha value is -1.35. The summed E-state index contributed by atoms with van der Waals surface area (Å²) < 4.78 is 0. The van der Waals surface area contributed by atoms with Gasteiger partial charge in [-0.3, -0.25) is 4.79 Å². The Morgan fingerprint density at radius 1 is 1.17 bits per heavy atom. The molecule has 1 fully saturated rings. The van der Waals surface area contributed by atoms with Gasteiger partial charge in [0.15, 0.2) is 0 Å². The van der Waals surface area contributed by atoms with Crippen LogP contribution in [-0.2, 0) is 17.6 Å². The fourth-order valence-corrected chi connectivity index (χ4v) is 2.65. The lowest BCUT2D eigenvalue weighted by molar-refractivity contribution is -0.120. The number of carbonyl (C=O) groups is 1. The van der Waals surface area contributed by atoms with E-state index in [1.165, 1.54) is 24.0 Å². The molecular formula is C15H20N2O. The predicted octanol–water partition coefficient (Wildman–Crippen LogP) is 1.27. The van der Waals surface area contributed by atoms with Crippen LogP contribution in [-0.4, -0.2) is 25.0 Å². The molecule has 96 valence electrons. The van der Waals surface area contributed by atoms with Crippen molar-refractivity contribution in [1.29, 1.82) is 0 Å². The lowest BCUT2D eigenvalue weighted by atomic mass is 10.1. The minimum Gasteiger partial charge on any atom is -0.352 e. The number of rotatable bonds is 5. The molecule has 2 aliphatic carbocycles. The average Bonchev–Trinajstić information content (AvgIpc) is 3.08. The van der Waals surface area contributed by atoms with Crippen LogP contribution in [0.4, 0.5) is 0 Å². The average molecular weight is 244 g/mol. The summed E-state index contributed by atoms with van der Waals surface area (Å²) in [5, 5.41) is 6.35. The predicted molar refractivity (Wildman–Crippen MR) is 71.4 cm³/mol. The van der Waals surface area contributed by atoms with Crippen molar-refractivity contribution in [2.24, 2.45) is 5.92 Å². The van der Waals surface area contributed by atoms with E-state index in [2.05, 4.69) is 34.9 Å². The number of hydrogen-bond donors (Lipinski definition) is 2. The summed E-state index contributed by atoms with van der Waals surface area (Å²) in [6, 6.07) is 8.75. The Kier molecular flexibility index (Phi) is 3.33. The molecule has 0 bridgehead atoms. The van der Waals surface area contributed by atoms with Crippen molar-refractivity contribution in [3.05, 3.63) is 35.4 Å². The quantitative estimate of drug-likeness (QED) is 0.819. The van der Waals surface area contributed by atoms with Crippen LogP contribution in [0.5, 0.6) is 0 Å². The first kappa shape index (κ1) is 11.7. The molecule has 0 unspecified atom stereocenters. The number of hydrogen-bond acceptors (Lipinski definition) is 2. The topological polar surface area (TPSA) is 41.1 Å². The smallest absolute Gasteiger partial charge is 0.234 e. The number of carbonyl (C=O) groups excluding carboxylic acids is 1. The van der Waals surface area contributed by atoms with Gasteiger partial charge in [0.2, 0.25) is 5.91 Å². The Labute approximate surface area is 108 Å². The van der Waals surface area contributed by atoms with Crippen LogP contribution in [0.25, 0.3) is 0 Å². The van der Waals surface area contributed by atoms with Crippen molar-refractivity contribution in [3.63, 3.8) is 0 Å². The van der Waals surface area contributed by atoms with Gasteiger partial charge in [-0.15, -0.1) is 0 Å². The van der Waals surface area contributed by atoms with Crippen LogP contribution >= 0.6 is 0 Å². The second kappa shape index (κ2) is 5.11. The Bertz CT molecular complexity index is 415. The van der Waals surface area contributed by atoms with E-state index in [9.17, 15) is 4.79 Å². The normalized spacial score (nSPS) is 18.7. The molecular weight excluding hydrogens is 224 g/mol. The third-order valence-electron chi connectivity index (χ3n) is 3.83. The van der Waals surface area contributed by atoms with Gasteiger partial charge in [-0.25, -0.2) is 0 Å². The molecule has 0 atom stereocenters. The van der Waals surface area contributed by atoms with Crippen LogP contribution in [0.3, 0.4) is 0 Å². The second-order valence-electron chi connectivity index (χ2n) is 5.52. The molecule has 0 radical (unpaired) electrons. The summed E-state index contributed by atoms with van der Waals surface area (Å²) in [6.07, 6.45) is 4.61. The summed E-state index contributed by atoms with van der Waals surface area (Å²) in [7, 11) is 0. The van der Waals surface area contributed by atoms with Gasteiger partial charge in [-0.2, -0.15) is 0 Å². The van der Waals surface area contributed by atoms with E-state index in [4.69, 9.17) is 0 Å². The summed E-state index contributed by atoms with van der Waals surface area (Å²) in [5.41, 5.74) is 2.77. The van der Waals surface area contributed by atoms with E-state index in [1.54, 1.807) is 0 Å². The second-order valence-corrected chi connectivity index (χ2v) is 5.52. The Balaban J connectivity index is 1.42. The van der Waals surface area contributed by atoms with Crippen molar-refractivity contribution in [2.45, 2.75) is 31.7 Å². The maximum atomic E-state index is 11.8. The standard InChI is InChI=1S/C15H20N2O/c18-15(10-16-9-11-5-6-11)17-14-7-12-3-1-2-4-13(12)8-14/h1-4,11,14,16H,5-10H2,(H,17,18). The molecule has 0 saturated heterocycles. The van der Waals surface area contributed by atoms with E-state index in [0.717, 1.165) is 25.3 Å². The maximum absolute atomic E-state index is 11.8. The zero-order chi connectivity index (χ0) is 12.4. The fourth-order valence-electron chi connectivity index (χ4n) is 2.65. The third kappa shape index (κ3) is 2.91. The first-order valence-electron chi connectivity index (χ1n) is 6.88. The maximum Gasteiger partial charge on any atom is 0.234 e. The van der Waals surface area contributed by atoms with Crippen LogP contribution < -0.4 is 10.6 Å². The minimum absolute atomic E-state index is 0.133. The highest BCUT2D eigenvalue weighted by Crippen LogP contribution is 2.27. The molecule has 3 heteroatoms. The SMILES string of the molecule is O=C(CNCC1CC1)NC1Cc2ccccc2C1. The molecule has 3 nitrogen and oxygen atoms in total. The van der Waals surface area contributed by atoms with Gasteiger partial charge >= 0.3 is 0 Å². The fraction of sp³-hybridized carbons (Fsp3) is 0.533. The van der Waals surface area contributed by atoms with E-state index in [0.29, 0.717) is 6.54 Å². The zero-order valence-electron chi connectivity index (χ0n) is 10.6. The molecule has 1 aromatic carbocycles. The Morgan fingerprint density at radius 3 is 2.44 bits per heavy atom. The lowest BCUT2D eigenvalue weighted by Gasteiger charge is -2.12. The molecule has 2 N–H and O–H groups in total. The molecule has 2 aliphatic rings. The summed E-state index contributed by atoms with van der Waals surface area (Å²) in [5.74, 6) is 0.960. The van der Waals surface area contributed by atoms with E-state index in [1.807, 2.05) is 0 Å². The monoisotopic (exact) mass is 244 g/mol. The van der Waals surface area contributed by atoms with E-state index >= 15 is 0 Å². The number of amides is 1. The minimum atomic E-state index is 0.133. The van der Waals surface area contributed by atoms with Gasteiger partial charge in [-0.1, -0.05) is 24.3 Å². The first-order chi connectivity index (χ1) is 8.81.